The summed E-state index contributed by atoms with van der Waals surface area (Å²) in [6.07, 6.45) is 2.35. The molecule has 0 radical (unpaired) electrons. The van der Waals surface area contributed by atoms with Gasteiger partial charge in [-0.1, -0.05) is 6.42 Å². The second kappa shape index (κ2) is 6.29. The van der Waals surface area contributed by atoms with Crippen molar-refractivity contribution >= 4 is 29.8 Å². The van der Waals surface area contributed by atoms with Gasteiger partial charge in [-0.15, -0.1) is 12.4 Å². The average molecular weight is 303 g/mol. The molecule has 1 saturated carbocycles. The van der Waals surface area contributed by atoms with Crippen molar-refractivity contribution in [1.82, 2.24) is 0 Å². The van der Waals surface area contributed by atoms with Gasteiger partial charge in [-0.3, -0.25) is 25.0 Å². The molecule has 1 fully saturated rings. The van der Waals surface area contributed by atoms with Gasteiger partial charge in [0.1, 0.15) is 0 Å². The number of hydrogen-bond donors (Lipinski definition) is 0. The summed E-state index contributed by atoms with van der Waals surface area (Å²) < 4.78 is 4.94. The lowest BCUT2D eigenvalue weighted by molar-refractivity contribution is -0.394. The van der Waals surface area contributed by atoms with E-state index in [1.807, 2.05) is 0 Å². The van der Waals surface area contributed by atoms with E-state index in [4.69, 9.17) is 4.74 Å². The molecule has 0 atom stereocenters. The van der Waals surface area contributed by atoms with Crippen molar-refractivity contribution in [3.8, 4) is 5.75 Å². The number of nitro benzene ring substituents is 2. The van der Waals surface area contributed by atoms with E-state index in [-0.39, 0.29) is 24.1 Å². The highest BCUT2D eigenvalue weighted by molar-refractivity contribution is 5.85. The van der Waals surface area contributed by atoms with Crippen molar-refractivity contribution in [1.29, 1.82) is 0 Å². The van der Waals surface area contributed by atoms with Crippen LogP contribution in [0.5, 0.6) is 5.75 Å². The highest BCUT2D eigenvalue weighted by Crippen LogP contribution is 2.34. The predicted molar refractivity (Wildman–Crippen MR) is 70.0 cm³/mol. The molecule has 2 rings (SSSR count). The Balaban J connectivity index is 0.00000200. The highest BCUT2D eigenvalue weighted by atomic mass is 35.5. The van der Waals surface area contributed by atoms with Crippen molar-refractivity contribution in [3.05, 3.63) is 38.4 Å². The number of carbonyl (C=O) groups is 1. The summed E-state index contributed by atoms with van der Waals surface area (Å²) >= 11 is 0. The molecule has 0 aromatic heterocycles. The minimum absolute atomic E-state index is 0. The number of benzene rings is 1. The lowest BCUT2D eigenvalue weighted by Crippen LogP contribution is -2.26. The monoisotopic (exact) mass is 302 g/mol. The summed E-state index contributed by atoms with van der Waals surface area (Å²) in [4.78, 5) is 31.4. The van der Waals surface area contributed by atoms with Crippen molar-refractivity contribution < 1.29 is 19.4 Å². The Morgan fingerprint density at radius 2 is 1.85 bits per heavy atom. The largest absolute Gasteiger partial charge is 0.419 e. The Hall–Kier alpha value is -2.22. The number of esters is 1. The molecule has 20 heavy (non-hydrogen) atoms. The molecule has 1 aromatic carbocycles. The molecule has 0 N–H and O–H groups in total. The maximum atomic E-state index is 11.6. The van der Waals surface area contributed by atoms with E-state index in [1.54, 1.807) is 0 Å². The van der Waals surface area contributed by atoms with Crippen molar-refractivity contribution in [3.63, 3.8) is 0 Å². The maximum absolute atomic E-state index is 11.6. The van der Waals surface area contributed by atoms with Crippen molar-refractivity contribution in [2.45, 2.75) is 19.3 Å². The third-order valence-electron chi connectivity index (χ3n) is 3.00. The number of non-ortho nitro benzene ring substituents is 1. The second-order valence-corrected chi connectivity index (χ2v) is 4.22. The van der Waals surface area contributed by atoms with Crippen LogP contribution in [0, 0.1) is 26.1 Å². The van der Waals surface area contributed by atoms with Crippen molar-refractivity contribution in [2.75, 3.05) is 0 Å². The summed E-state index contributed by atoms with van der Waals surface area (Å²) in [5.41, 5.74) is -1.00. The van der Waals surface area contributed by atoms with E-state index in [2.05, 4.69) is 0 Å². The van der Waals surface area contributed by atoms with Gasteiger partial charge < -0.3 is 4.74 Å². The molecule has 1 aliphatic carbocycles. The quantitative estimate of drug-likeness (QED) is 0.365. The van der Waals surface area contributed by atoms with Crippen molar-refractivity contribution in [2.24, 2.45) is 5.92 Å². The fraction of sp³-hybridized carbons (Fsp3) is 0.364. The van der Waals surface area contributed by atoms with Gasteiger partial charge in [-0.2, -0.15) is 0 Å². The first-order chi connectivity index (χ1) is 8.99. The topological polar surface area (TPSA) is 113 Å². The number of rotatable bonds is 4. The third kappa shape index (κ3) is 3.21. The fourth-order valence-electron chi connectivity index (χ4n) is 1.68. The number of nitrogens with zero attached hydrogens (tertiary/aromatic N) is 2. The Kier molecular flexibility index (Phi) is 4.98. The molecular formula is C11H11ClN2O6. The molecule has 9 heteroatoms. The lowest BCUT2D eigenvalue weighted by atomic mass is 9.86. The van der Waals surface area contributed by atoms with Crippen LogP contribution >= 0.6 is 12.4 Å². The molecule has 0 amide bonds. The first-order valence-corrected chi connectivity index (χ1v) is 5.63. The van der Waals surface area contributed by atoms with E-state index in [9.17, 15) is 25.0 Å². The van der Waals surface area contributed by atoms with Gasteiger partial charge >= 0.3 is 11.7 Å². The van der Waals surface area contributed by atoms with Crippen LogP contribution in [0.25, 0.3) is 0 Å². The van der Waals surface area contributed by atoms with Gasteiger partial charge in [0.15, 0.2) is 0 Å². The van der Waals surface area contributed by atoms with Gasteiger partial charge in [0, 0.05) is 6.07 Å². The minimum Gasteiger partial charge on any atom is -0.419 e. The molecule has 1 aliphatic rings. The van der Waals surface area contributed by atoms with Crippen LogP contribution in [0.3, 0.4) is 0 Å². The first kappa shape index (κ1) is 15.8. The second-order valence-electron chi connectivity index (χ2n) is 4.22. The summed E-state index contributed by atoms with van der Waals surface area (Å²) in [5.74, 6) is -1.01. The molecule has 0 saturated heterocycles. The molecule has 0 heterocycles. The van der Waals surface area contributed by atoms with Crippen LogP contribution in [-0.2, 0) is 4.79 Å². The Bertz CT molecular complexity index is 558. The van der Waals surface area contributed by atoms with Crippen LogP contribution in [0.4, 0.5) is 11.4 Å². The van der Waals surface area contributed by atoms with Crippen LogP contribution in [0.2, 0.25) is 0 Å². The zero-order valence-electron chi connectivity index (χ0n) is 10.2. The average Bonchev–Trinajstić information content (AvgIpc) is 2.26. The zero-order chi connectivity index (χ0) is 14.0. The molecule has 0 aliphatic heterocycles. The smallest absolute Gasteiger partial charge is 0.318 e. The van der Waals surface area contributed by atoms with Crippen LogP contribution in [0.1, 0.15) is 19.3 Å². The van der Waals surface area contributed by atoms with Crippen LogP contribution < -0.4 is 4.74 Å². The summed E-state index contributed by atoms with van der Waals surface area (Å²) in [5, 5.41) is 21.4. The minimum atomic E-state index is -0.809. The standard InChI is InChI=1S/C11H10N2O6.ClH/c14-11(7-2-1-3-7)19-10-5-4-8(12(15)16)6-9(10)13(17)18;/h4-7H,1-3H2;1H. The molecule has 1 aromatic rings. The Morgan fingerprint density at radius 3 is 2.30 bits per heavy atom. The molecule has 108 valence electrons. The van der Waals surface area contributed by atoms with E-state index >= 15 is 0 Å². The maximum Gasteiger partial charge on any atom is 0.318 e. The normalized spacial score (nSPS) is 13.8. The van der Waals surface area contributed by atoms with Gasteiger partial charge in [-0.05, 0) is 18.9 Å². The number of carbonyl (C=O) groups excluding carboxylic acids is 1. The number of ether oxygens (including phenoxy) is 1. The van der Waals surface area contributed by atoms with E-state index < -0.39 is 27.2 Å². The SMILES string of the molecule is Cl.O=C(Oc1ccc([N+](=O)[O-])cc1[N+](=O)[O-])C1CCC1. The van der Waals surface area contributed by atoms with Crippen LogP contribution in [0.15, 0.2) is 18.2 Å². The molecule has 0 unspecified atom stereocenters. The van der Waals surface area contributed by atoms with E-state index in [0.717, 1.165) is 24.6 Å². The predicted octanol–water partition coefficient (Wildman–Crippen LogP) is 2.63. The number of hydrogen-bond acceptors (Lipinski definition) is 6. The molecule has 8 nitrogen and oxygen atoms in total. The van der Waals surface area contributed by atoms with Crippen LogP contribution in [-0.4, -0.2) is 15.8 Å². The summed E-state index contributed by atoms with van der Waals surface area (Å²) in [6.45, 7) is 0. The number of halogens is 1. The first-order valence-electron chi connectivity index (χ1n) is 5.63. The Labute approximate surface area is 119 Å². The Morgan fingerprint density at radius 1 is 1.20 bits per heavy atom. The van der Waals surface area contributed by atoms with E-state index in [0.29, 0.717) is 12.8 Å². The summed E-state index contributed by atoms with van der Waals surface area (Å²) in [6, 6.07) is 2.92. The lowest BCUT2D eigenvalue weighted by Gasteiger charge is -2.22. The summed E-state index contributed by atoms with van der Waals surface area (Å²) in [7, 11) is 0. The van der Waals surface area contributed by atoms with E-state index in [1.165, 1.54) is 0 Å². The number of nitro groups is 2. The fourth-order valence-corrected chi connectivity index (χ4v) is 1.68. The van der Waals surface area contributed by atoms with Gasteiger partial charge in [0.2, 0.25) is 5.75 Å². The molecule has 0 bridgehead atoms. The van der Waals surface area contributed by atoms with Gasteiger partial charge in [-0.25, -0.2) is 0 Å². The zero-order valence-corrected chi connectivity index (χ0v) is 11.0. The highest BCUT2D eigenvalue weighted by Gasteiger charge is 2.30. The third-order valence-corrected chi connectivity index (χ3v) is 3.00. The molecule has 0 spiro atoms. The molecular weight excluding hydrogens is 292 g/mol. The van der Waals surface area contributed by atoms with Gasteiger partial charge in [0.05, 0.1) is 21.8 Å². The van der Waals surface area contributed by atoms with Gasteiger partial charge in [0.25, 0.3) is 5.69 Å².